The van der Waals surface area contributed by atoms with E-state index in [1.54, 1.807) is 6.07 Å². The van der Waals surface area contributed by atoms with Gasteiger partial charge in [0.25, 0.3) is 0 Å². The van der Waals surface area contributed by atoms with Crippen LogP contribution in [0.15, 0.2) is 53.2 Å². The Labute approximate surface area is 158 Å². The molecule has 6 heteroatoms. The van der Waals surface area contributed by atoms with Gasteiger partial charge in [0.2, 0.25) is 11.8 Å². The number of amides is 1. The van der Waals surface area contributed by atoms with Gasteiger partial charge in [0.1, 0.15) is 5.69 Å². The van der Waals surface area contributed by atoms with Crippen LogP contribution in [0.1, 0.15) is 30.1 Å². The lowest BCUT2D eigenvalue weighted by atomic mass is 10.1. The molecule has 4 rings (SSSR count). The molecular weight excluding hydrogens is 340 g/mol. The van der Waals surface area contributed by atoms with Crippen molar-refractivity contribution in [3.8, 4) is 11.3 Å². The third kappa shape index (κ3) is 3.80. The standard InChI is InChI=1S/C21H24N4O2/c1-15-7-9-16(10-8-15)17-13-21(27-23-17)22-20(26)14-25-12-4-6-19(25)18-5-3-11-24(18)2/h3,5,7-11,13,19H,4,6,12,14H2,1-2H3,(H,22,26)/t19-/m1/s1. The van der Waals surface area contributed by atoms with Crippen molar-refractivity contribution in [2.45, 2.75) is 25.8 Å². The molecule has 1 saturated heterocycles. The van der Waals surface area contributed by atoms with Crippen LogP contribution in [-0.2, 0) is 11.8 Å². The summed E-state index contributed by atoms with van der Waals surface area (Å²) in [7, 11) is 2.05. The normalized spacial score (nSPS) is 17.3. The number of hydrogen-bond donors (Lipinski definition) is 1. The average molecular weight is 364 g/mol. The van der Waals surface area contributed by atoms with Crippen LogP contribution in [0.25, 0.3) is 11.3 Å². The van der Waals surface area contributed by atoms with Crippen molar-refractivity contribution in [1.82, 2.24) is 14.6 Å². The van der Waals surface area contributed by atoms with Crippen LogP contribution < -0.4 is 5.32 Å². The first-order valence-corrected chi connectivity index (χ1v) is 9.29. The molecule has 2 aromatic heterocycles. The number of carbonyl (C=O) groups excluding carboxylic acids is 1. The van der Waals surface area contributed by atoms with Crippen LogP contribution >= 0.6 is 0 Å². The fourth-order valence-corrected chi connectivity index (χ4v) is 3.73. The molecule has 0 spiro atoms. The van der Waals surface area contributed by atoms with Gasteiger partial charge in [-0.1, -0.05) is 35.0 Å². The number of nitrogens with one attached hydrogen (secondary N) is 1. The number of carbonyl (C=O) groups is 1. The van der Waals surface area contributed by atoms with Crippen molar-refractivity contribution < 1.29 is 9.32 Å². The van der Waals surface area contributed by atoms with E-state index in [0.717, 1.165) is 24.9 Å². The first kappa shape index (κ1) is 17.5. The number of aryl methyl sites for hydroxylation is 2. The monoisotopic (exact) mass is 364 g/mol. The number of anilines is 1. The Bertz CT molecular complexity index is 926. The zero-order valence-electron chi connectivity index (χ0n) is 15.7. The summed E-state index contributed by atoms with van der Waals surface area (Å²) < 4.78 is 7.43. The Morgan fingerprint density at radius 2 is 2.11 bits per heavy atom. The molecule has 1 aliphatic rings. The van der Waals surface area contributed by atoms with Gasteiger partial charge in [-0.25, -0.2) is 0 Å². The van der Waals surface area contributed by atoms with Crippen LogP contribution in [0.2, 0.25) is 0 Å². The smallest absolute Gasteiger partial charge is 0.240 e. The predicted octanol–water partition coefficient (Wildman–Crippen LogP) is 3.76. The zero-order chi connectivity index (χ0) is 18.8. The lowest BCUT2D eigenvalue weighted by Gasteiger charge is -2.24. The van der Waals surface area contributed by atoms with Crippen molar-refractivity contribution in [3.05, 3.63) is 59.9 Å². The van der Waals surface area contributed by atoms with E-state index in [1.165, 1.54) is 11.3 Å². The lowest BCUT2D eigenvalue weighted by Crippen LogP contribution is -2.33. The Hall–Kier alpha value is -2.86. The van der Waals surface area contributed by atoms with Crippen LogP contribution in [0.3, 0.4) is 0 Å². The second-order valence-electron chi connectivity index (χ2n) is 7.16. The molecule has 1 atom stereocenters. The van der Waals surface area contributed by atoms with Gasteiger partial charge < -0.3 is 9.09 Å². The summed E-state index contributed by atoms with van der Waals surface area (Å²) in [5.74, 6) is 0.299. The molecule has 0 saturated carbocycles. The maximum atomic E-state index is 12.5. The highest BCUT2D eigenvalue weighted by Gasteiger charge is 2.29. The van der Waals surface area contributed by atoms with Crippen LogP contribution in [0.5, 0.6) is 0 Å². The van der Waals surface area contributed by atoms with Crippen molar-refractivity contribution in [2.75, 3.05) is 18.4 Å². The number of likely N-dealkylation sites (tertiary alicyclic amines) is 1. The first-order valence-electron chi connectivity index (χ1n) is 9.29. The van der Waals surface area contributed by atoms with E-state index in [9.17, 15) is 4.79 Å². The Morgan fingerprint density at radius 1 is 1.30 bits per heavy atom. The van der Waals surface area contributed by atoms with Crippen LogP contribution in [0.4, 0.5) is 5.88 Å². The van der Waals surface area contributed by atoms with E-state index < -0.39 is 0 Å². The fourth-order valence-electron chi connectivity index (χ4n) is 3.73. The molecular formula is C21H24N4O2. The number of aromatic nitrogens is 2. The summed E-state index contributed by atoms with van der Waals surface area (Å²) >= 11 is 0. The van der Waals surface area contributed by atoms with Gasteiger partial charge in [-0.2, -0.15) is 0 Å². The molecule has 0 unspecified atom stereocenters. The summed E-state index contributed by atoms with van der Waals surface area (Å²) in [6, 6.07) is 14.3. The molecule has 27 heavy (non-hydrogen) atoms. The van der Waals surface area contributed by atoms with Gasteiger partial charge in [0.15, 0.2) is 0 Å². The number of benzene rings is 1. The fraction of sp³-hybridized carbons (Fsp3) is 0.333. The number of nitrogens with zero attached hydrogens (tertiary/aromatic N) is 3. The third-order valence-electron chi connectivity index (χ3n) is 5.16. The molecule has 1 fully saturated rings. The minimum absolute atomic E-state index is 0.0808. The number of hydrogen-bond acceptors (Lipinski definition) is 4. The van der Waals surface area contributed by atoms with Gasteiger partial charge in [0, 0.05) is 30.6 Å². The van der Waals surface area contributed by atoms with Crippen molar-refractivity contribution in [2.24, 2.45) is 7.05 Å². The molecule has 0 radical (unpaired) electrons. The predicted molar refractivity (Wildman–Crippen MR) is 104 cm³/mol. The molecule has 3 heterocycles. The highest BCUT2D eigenvalue weighted by molar-refractivity contribution is 5.91. The van der Waals surface area contributed by atoms with Crippen molar-refractivity contribution in [1.29, 1.82) is 0 Å². The van der Waals surface area contributed by atoms with Crippen molar-refractivity contribution in [3.63, 3.8) is 0 Å². The topological polar surface area (TPSA) is 63.3 Å². The van der Waals surface area contributed by atoms with E-state index in [4.69, 9.17) is 4.52 Å². The lowest BCUT2D eigenvalue weighted by molar-refractivity contribution is -0.117. The molecule has 1 aromatic carbocycles. The van der Waals surface area contributed by atoms with E-state index >= 15 is 0 Å². The molecule has 0 bridgehead atoms. The zero-order valence-corrected chi connectivity index (χ0v) is 15.7. The van der Waals surface area contributed by atoms with Crippen molar-refractivity contribution >= 4 is 11.8 Å². The maximum Gasteiger partial charge on any atom is 0.240 e. The highest BCUT2D eigenvalue weighted by atomic mass is 16.5. The van der Waals surface area contributed by atoms with Crippen LogP contribution in [0, 0.1) is 6.92 Å². The largest absolute Gasteiger partial charge is 0.353 e. The summed E-state index contributed by atoms with van der Waals surface area (Å²) in [6.07, 6.45) is 4.22. The second-order valence-corrected chi connectivity index (χ2v) is 7.16. The molecule has 0 aliphatic carbocycles. The quantitative estimate of drug-likeness (QED) is 0.749. The number of rotatable bonds is 5. The molecule has 1 N–H and O–H groups in total. The summed E-state index contributed by atoms with van der Waals surface area (Å²) in [4.78, 5) is 14.7. The van der Waals surface area contributed by atoms with E-state index in [2.05, 4.69) is 26.0 Å². The van der Waals surface area contributed by atoms with E-state index in [1.807, 2.05) is 50.5 Å². The second kappa shape index (κ2) is 7.40. The molecule has 1 aliphatic heterocycles. The van der Waals surface area contributed by atoms with Gasteiger partial charge >= 0.3 is 0 Å². The Balaban J connectivity index is 1.39. The first-order chi connectivity index (χ1) is 13.1. The summed E-state index contributed by atoms with van der Waals surface area (Å²) in [5, 5.41) is 6.90. The Kier molecular flexibility index (Phi) is 4.81. The SMILES string of the molecule is Cc1ccc(-c2cc(NC(=O)CN3CCC[C@@H]3c3cccn3C)on2)cc1. The van der Waals surface area contributed by atoms with Crippen LogP contribution in [-0.4, -0.2) is 33.6 Å². The summed E-state index contributed by atoms with van der Waals surface area (Å²) in [6.45, 7) is 3.31. The minimum Gasteiger partial charge on any atom is -0.353 e. The molecule has 140 valence electrons. The van der Waals surface area contributed by atoms with Gasteiger partial charge in [-0.05, 0) is 38.4 Å². The molecule has 3 aromatic rings. The molecule has 1 amide bonds. The highest BCUT2D eigenvalue weighted by Crippen LogP contribution is 2.31. The Morgan fingerprint density at radius 3 is 2.85 bits per heavy atom. The van der Waals surface area contributed by atoms with Gasteiger partial charge in [0.05, 0.1) is 12.6 Å². The minimum atomic E-state index is -0.0808. The van der Waals surface area contributed by atoms with Gasteiger partial charge in [-0.3, -0.25) is 15.0 Å². The maximum absolute atomic E-state index is 12.5. The van der Waals surface area contributed by atoms with E-state index in [-0.39, 0.29) is 11.9 Å². The average Bonchev–Trinajstić information content (AvgIpc) is 3.37. The molecule has 6 nitrogen and oxygen atoms in total. The third-order valence-corrected chi connectivity index (χ3v) is 5.16. The van der Waals surface area contributed by atoms with E-state index in [0.29, 0.717) is 18.1 Å². The summed E-state index contributed by atoms with van der Waals surface area (Å²) in [5.41, 5.74) is 4.12. The van der Waals surface area contributed by atoms with Gasteiger partial charge in [-0.15, -0.1) is 0 Å².